The topological polar surface area (TPSA) is 39.7 Å². The molecule has 1 atom stereocenters. The molecule has 0 saturated carbocycles. The number of amidine groups is 1. The SMILES string of the molecule is CC/C=C/NC1=NC=C(C(F)(F)F)/C1=C(/C)N1CCNCC1C. The highest BCUT2D eigenvalue weighted by molar-refractivity contribution is 6.06. The van der Waals surface area contributed by atoms with E-state index in [1.807, 2.05) is 24.8 Å². The van der Waals surface area contributed by atoms with Crippen molar-refractivity contribution in [1.29, 1.82) is 0 Å². The van der Waals surface area contributed by atoms with Gasteiger partial charge in [0.2, 0.25) is 0 Å². The van der Waals surface area contributed by atoms with Gasteiger partial charge in [-0.25, -0.2) is 4.99 Å². The summed E-state index contributed by atoms with van der Waals surface area (Å²) in [5.41, 5.74) is 0.0661. The number of rotatable bonds is 3. The van der Waals surface area contributed by atoms with Crippen molar-refractivity contribution in [2.24, 2.45) is 4.99 Å². The van der Waals surface area contributed by atoms with E-state index in [-0.39, 0.29) is 17.5 Å². The van der Waals surface area contributed by atoms with Gasteiger partial charge in [-0.3, -0.25) is 0 Å². The number of hydrogen-bond acceptors (Lipinski definition) is 4. The van der Waals surface area contributed by atoms with Crippen molar-refractivity contribution in [3.8, 4) is 0 Å². The molecule has 0 aromatic heterocycles. The van der Waals surface area contributed by atoms with Gasteiger partial charge in [-0.1, -0.05) is 13.0 Å². The van der Waals surface area contributed by atoms with Crippen LogP contribution in [0.4, 0.5) is 13.2 Å². The summed E-state index contributed by atoms with van der Waals surface area (Å²) in [5.74, 6) is 0.255. The first-order chi connectivity index (χ1) is 10.9. The lowest BCUT2D eigenvalue weighted by molar-refractivity contribution is -0.0889. The number of piperazine rings is 1. The van der Waals surface area contributed by atoms with E-state index in [2.05, 4.69) is 15.6 Å². The molecule has 1 unspecified atom stereocenters. The zero-order valence-electron chi connectivity index (χ0n) is 13.7. The molecule has 0 amide bonds. The van der Waals surface area contributed by atoms with Crippen LogP contribution < -0.4 is 10.6 Å². The molecule has 0 aliphatic carbocycles. The Morgan fingerprint density at radius 1 is 1.52 bits per heavy atom. The highest BCUT2D eigenvalue weighted by atomic mass is 19.4. The molecule has 1 fully saturated rings. The van der Waals surface area contributed by atoms with Crippen molar-refractivity contribution in [2.45, 2.75) is 39.4 Å². The molecule has 2 aliphatic heterocycles. The van der Waals surface area contributed by atoms with Crippen LogP contribution in [0, 0.1) is 0 Å². The van der Waals surface area contributed by atoms with Gasteiger partial charge in [0, 0.05) is 43.1 Å². The second kappa shape index (κ2) is 7.21. The summed E-state index contributed by atoms with van der Waals surface area (Å²) in [4.78, 5) is 5.96. The first kappa shape index (κ1) is 17.6. The third kappa shape index (κ3) is 3.96. The van der Waals surface area contributed by atoms with Crippen LogP contribution in [0.15, 0.2) is 40.3 Å². The summed E-state index contributed by atoms with van der Waals surface area (Å²) in [5, 5.41) is 6.13. The van der Waals surface area contributed by atoms with Crippen molar-refractivity contribution in [3.63, 3.8) is 0 Å². The lowest BCUT2D eigenvalue weighted by Gasteiger charge is -2.37. The molecule has 4 nitrogen and oxygen atoms in total. The molecule has 23 heavy (non-hydrogen) atoms. The minimum atomic E-state index is -4.42. The average molecular weight is 328 g/mol. The zero-order chi connectivity index (χ0) is 17.0. The fourth-order valence-electron chi connectivity index (χ4n) is 2.82. The van der Waals surface area contributed by atoms with Crippen molar-refractivity contribution in [3.05, 3.63) is 35.3 Å². The third-order valence-corrected chi connectivity index (χ3v) is 4.00. The summed E-state index contributed by atoms with van der Waals surface area (Å²) in [6.07, 6.45) is 0.769. The van der Waals surface area contributed by atoms with E-state index in [1.165, 1.54) is 0 Å². The van der Waals surface area contributed by atoms with E-state index in [1.54, 1.807) is 13.1 Å². The molecule has 2 N–H and O–H groups in total. The van der Waals surface area contributed by atoms with E-state index in [0.717, 1.165) is 25.7 Å². The summed E-state index contributed by atoms with van der Waals surface area (Å²) in [6.45, 7) is 7.89. The number of allylic oxidation sites excluding steroid dienone is 2. The Balaban J connectivity index is 2.36. The molecule has 2 heterocycles. The fourth-order valence-corrected chi connectivity index (χ4v) is 2.82. The van der Waals surface area contributed by atoms with Crippen molar-refractivity contribution >= 4 is 5.84 Å². The minimum absolute atomic E-state index is 0.138. The molecule has 7 heteroatoms. The second-order valence-electron chi connectivity index (χ2n) is 5.68. The van der Waals surface area contributed by atoms with Crippen LogP contribution in [-0.2, 0) is 0 Å². The predicted molar refractivity (Wildman–Crippen MR) is 85.9 cm³/mol. The molecule has 2 aliphatic rings. The molecule has 0 aromatic carbocycles. The Bertz CT molecular complexity index is 558. The van der Waals surface area contributed by atoms with Gasteiger partial charge in [0.05, 0.1) is 5.57 Å². The number of halogens is 3. The number of hydrogen-bond donors (Lipinski definition) is 2. The lowest BCUT2D eigenvalue weighted by Crippen LogP contribution is -2.49. The number of nitrogens with zero attached hydrogens (tertiary/aromatic N) is 2. The molecule has 0 radical (unpaired) electrons. The maximum Gasteiger partial charge on any atom is 0.418 e. The Kier molecular flexibility index (Phi) is 5.51. The molecule has 2 rings (SSSR count). The van der Waals surface area contributed by atoms with E-state index in [9.17, 15) is 13.2 Å². The fraction of sp³-hybridized carbons (Fsp3) is 0.562. The molecule has 0 aromatic rings. The Labute approximate surface area is 134 Å². The smallest absolute Gasteiger partial charge is 0.369 e. The first-order valence-electron chi connectivity index (χ1n) is 7.82. The predicted octanol–water partition coefficient (Wildman–Crippen LogP) is 2.93. The second-order valence-corrected chi connectivity index (χ2v) is 5.68. The van der Waals surface area contributed by atoms with Crippen LogP contribution in [-0.4, -0.2) is 42.6 Å². The first-order valence-corrected chi connectivity index (χ1v) is 7.82. The van der Waals surface area contributed by atoms with Crippen molar-refractivity contribution in [1.82, 2.24) is 15.5 Å². The number of nitrogens with one attached hydrogen (secondary N) is 2. The van der Waals surface area contributed by atoms with Crippen LogP contribution in [0.3, 0.4) is 0 Å². The normalized spacial score (nSPS) is 24.8. The number of alkyl halides is 3. The maximum absolute atomic E-state index is 13.3. The van der Waals surface area contributed by atoms with E-state index in [0.29, 0.717) is 12.2 Å². The van der Waals surface area contributed by atoms with Gasteiger partial charge in [0.15, 0.2) is 0 Å². The summed E-state index contributed by atoms with van der Waals surface area (Å²) < 4.78 is 40.0. The maximum atomic E-state index is 13.3. The van der Waals surface area contributed by atoms with Gasteiger partial charge >= 0.3 is 6.18 Å². The summed E-state index contributed by atoms with van der Waals surface area (Å²) in [6, 6.07) is 0.138. The Morgan fingerprint density at radius 2 is 2.26 bits per heavy atom. The molecule has 0 spiro atoms. The Morgan fingerprint density at radius 3 is 2.87 bits per heavy atom. The van der Waals surface area contributed by atoms with Crippen LogP contribution in [0.5, 0.6) is 0 Å². The number of aliphatic imine (C=N–C) groups is 1. The molecular formula is C16H23F3N4. The van der Waals surface area contributed by atoms with Crippen LogP contribution in [0.25, 0.3) is 0 Å². The molecule has 0 bridgehead atoms. The van der Waals surface area contributed by atoms with Crippen LogP contribution in [0.1, 0.15) is 27.2 Å². The summed E-state index contributed by atoms with van der Waals surface area (Å²) >= 11 is 0. The van der Waals surface area contributed by atoms with Gasteiger partial charge in [-0.05, 0) is 26.5 Å². The molecular weight excluding hydrogens is 305 g/mol. The highest BCUT2D eigenvalue weighted by Gasteiger charge is 2.41. The van der Waals surface area contributed by atoms with Gasteiger partial charge in [-0.15, -0.1) is 0 Å². The monoisotopic (exact) mass is 328 g/mol. The lowest BCUT2D eigenvalue weighted by atomic mass is 10.0. The average Bonchev–Trinajstić information content (AvgIpc) is 2.91. The summed E-state index contributed by atoms with van der Waals surface area (Å²) in [7, 11) is 0. The largest absolute Gasteiger partial charge is 0.418 e. The molecule has 128 valence electrons. The standard InChI is InChI=1S/C16H23F3N4/c1-4-5-6-21-15-14(13(10-22-15)16(17,18)19)12(3)23-8-7-20-9-11(23)2/h5-6,10-11,20H,4,7-9H2,1-3H3,(H,21,22)/b6-5+,14-12+. The van der Waals surface area contributed by atoms with Gasteiger partial charge in [-0.2, -0.15) is 13.2 Å². The molecule has 1 saturated heterocycles. The third-order valence-electron chi connectivity index (χ3n) is 4.00. The van der Waals surface area contributed by atoms with Gasteiger partial charge in [0.25, 0.3) is 0 Å². The quantitative estimate of drug-likeness (QED) is 0.837. The van der Waals surface area contributed by atoms with E-state index < -0.39 is 11.7 Å². The van der Waals surface area contributed by atoms with E-state index >= 15 is 0 Å². The Hall–Kier alpha value is -1.76. The van der Waals surface area contributed by atoms with Gasteiger partial charge < -0.3 is 15.5 Å². The van der Waals surface area contributed by atoms with Gasteiger partial charge in [0.1, 0.15) is 5.84 Å². The van der Waals surface area contributed by atoms with Crippen molar-refractivity contribution in [2.75, 3.05) is 19.6 Å². The van der Waals surface area contributed by atoms with Crippen LogP contribution >= 0.6 is 0 Å². The zero-order valence-corrected chi connectivity index (χ0v) is 13.7. The highest BCUT2D eigenvalue weighted by Crippen LogP contribution is 2.37. The van der Waals surface area contributed by atoms with E-state index in [4.69, 9.17) is 0 Å². The van der Waals surface area contributed by atoms with Crippen LogP contribution in [0.2, 0.25) is 0 Å². The van der Waals surface area contributed by atoms with Crippen molar-refractivity contribution < 1.29 is 13.2 Å². The minimum Gasteiger partial charge on any atom is -0.369 e.